The highest BCUT2D eigenvalue weighted by molar-refractivity contribution is 7.51. The van der Waals surface area contributed by atoms with Gasteiger partial charge in [-0.3, -0.25) is 18.9 Å². The van der Waals surface area contributed by atoms with Gasteiger partial charge in [0, 0.05) is 46.8 Å². The smallest absolute Gasteiger partial charge is 0.325 e. The van der Waals surface area contributed by atoms with Crippen LogP contribution in [0.15, 0.2) is 0 Å². The molecule has 16 heteroatoms. The molecule has 0 radical (unpaired) electrons. The van der Waals surface area contributed by atoms with Gasteiger partial charge >= 0.3 is 7.60 Å². The molecule has 0 aliphatic carbocycles. The fraction of sp³-hybridized carbons (Fsp3) is 0.885. The number of amides is 3. The van der Waals surface area contributed by atoms with Crippen molar-refractivity contribution in [1.82, 2.24) is 21.3 Å². The summed E-state index contributed by atoms with van der Waals surface area (Å²) in [7, 11) is -1.92. The molecule has 0 aromatic heterocycles. The molecule has 15 nitrogen and oxygen atoms in total. The lowest BCUT2D eigenvalue weighted by Gasteiger charge is -2.29. The van der Waals surface area contributed by atoms with Crippen molar-refractivity contribution in [2.45, 2.75) is 95.1 Å². The second-order valence-corrected chi connectivity index (χ2v) is 12.2. The molecule has 42 heavy (non-hydrogen) atoms. The Hall–Kier alpha value is -1.68. The number of hydrogen-bond donors (Lipinski definition) is 9. The fourth-order valence-corrected chi connectivity index (χ4v) is 4.46. The van der Waals surface area contributed by atoms with E-state index in [4.69, 9.17) is 19.3 Å². The molecule has 0 aliphatic rings. The molecule has 0 heterocycles. The van der Waals surface area contributed by atoms with Crippen molar-refractivity contribution in [3.63, 3.8) is 0 Å². The van der Waals surface area contributed by atoms with Crippen molar-refractivity contribution in [1.29, 1.82) is 0 Å². The van der Waals surface area contributed by atoms with Crippen LogP contribution in [0.1, 0.15) is 64.7 Å². The number of carbonyl (C=O) groups excluding carboxylic acids is 3. The second-order valence-electron chi connectivity index (χ2n) is 10.3. The molecular formula is C26H53N4O11P. The van der Waals surface area contributed by atoms with Crippen molar-refractivity contribution < 1.29 is 53.5 Å². The maximum Gasteiger partial charge on any atom is 0.325 e. The monoisotopic (exact) mass is 628 g/mol. The number of aliphatic hydroxyl groups is 4. The first-order chi connectivity index (χ1) is 19.8. The average molecular weight is 629 g/mol. The van der Waals surface area contributed by atoms with Crippen LogP contribution < -0.4 is 21.3 Å². The van der Waals surface area contributed by atoms with Crippen molar-refractivity contribution >= 4 is 25.3 Å². The van der Waals surface area contributed by atoms with Crippen LogP contribution in [0.3, 0.4) is 0 Å². The van der Waals surface area contributed by atoms with E-state index in [1.165, 1.54) is 6.92 Å². The van der Waals surface area contributed by atoms with E-state index in [0.29, 0.717) is 58.2 Å². The lowest BCUT2D eigenvalue weighted by molar-refractivity contribution is -0.129. The van der Waals surface area contributed by atoms with E-state index in [1.807, 2.05) is 0 Å². The van der Waals surface area contributed by atoms with Crippen LogP contribution in [0.25, 0.3) is 0 Å². The normalized spacial score (nSPS) is 16.5. The van der Waals surface area contributed by atoms with E-state index in [0.717, 1.165) is 19.5 Å². The Morgan fingerprint density at radius 2 is 1.55 bits per heavy atom. The first-order valence-corrected chi connectivity index (χ1v) is 16.5. The highest BCUT2D eigenvalue weighted by Gasteiger charge is 2.31. The van der Waals surface area contributed by atoms with Gasteiger partial charge in [-0.25, -0.2) is 0 Å². The summed E-state index contributed by atoms with van der Waals surface area (Å²) in [6.07, 6.45) is 0.413. The summed E-state index contributed by atoms with van der Waals surface area (Å²) in [5.74, 6) is -0.997. The molecular weight excluding hydrogens is 575 g/mol. The van der Waals surface area contributed by atoms with Gasteiger partial charge in [0.25, 0.3) is 0 Å². The standard InChI is InChI=1S/C26H53N4O11P/c1-19(32)29-21(24(35)25(36)22(33)18-31)17-27-13-7-6-11-20(30-23(34)12-5-4-9-15-40-2)26(37)28-14-8-10-16-41-42(3,38)39/h20-22,24-25,27,31,33,35-36H,4-18H2,1-3H3,(H,28,37)(H,29,32)(H,30,34)(H,38,39)/t20?,21?,22?,24?,25-/m0/s1. The Morgan fingerprint density at radius 1 is 0.881 bits per heavy atom. The maximum absolute atomic E-state index is 12.8. The highest BCUT2D eigenvalue weighted by Crippen LogP contribution is 2.36. The van der Waals surface area contributed by atoms with Gasteiger partial charge < -0.3 is 55.8 Å². The first kappa shape index (κ1) is 40.3. The number of hydrogen-bond acceptors (Lipinski definition) is 11. The molecule has 9 N–H and O–H groups in total. The van der Waals surface area contributed by atoms with Gasteiger partial charge in [0.1, 0.15) is 24.4 Å². The van der Waals surface area contributed by atoms with Crippen LogP contribution >= 0.6 is 7.60 Å². The van der Waals surface area contributed by atoms with Gasteiger partial charge in [0.15, 0.2) is 0 Å². The minimum Gasteiger partial charge on any atom is -0.394 e. The van der Waals surface area contributed by atoms with Crippen LogP contribution in [-0.2, 0) is 28.2 Å². The third-order valence-corrected chi connectivity index (χ3v) is 6.96. The molecule has 0 spiro atoms. The molecule has 0 aromatic rings. The Balaban J connectivity index is 4.77. The number of nitrogens with one attached hydrogen (secondary N) is 4. The second kappa shape index (κ2) is 23.7. The maximum atomic E-state index is 12.8. The molecule has 0 saturated heterocycles. The summed E-state index contributed by atoms with van der Waals surface area (Å²) in [5, 5.41) is 50.1. The molecule has 0 rings (SSSR count). The highest BCUT2D eigenvalue weighted by atomic mass is 31.2. The third-order valence-electron chi connectivity index (χ3n) is 6.30. The average Bonchev–Trinajstić information content (AvgIpc) is 2.92. The molecule has 0 saturated carbocycles. The number of aliphatic hydroxyl groups excluding tert-OH is 4. The lowest BCUT2D eigenvalue weighted by atomic mass is 10.0. The molecule has 0 aliphatic heterocycles. The first-order valence-electron chi connectivity index (χ1n) is 14.5. The van der Waals surface area contributed by atoms with Crippen molar-refractivity contribution in [3.8, 4) is 0 Å². The largest absolute Gasteiger partial charge is 0.394 e. The van der Waals surface area contributed by atoms with Crippen LogP contribution in [-0.4, -0.2) is 127 Å². The Bertz CT molecular complexity index is 802. The Kier molecular flexibility index (Phi) is 22.8. The predicted octanol–water partition coefficient (Wildman–Crippen LogP) is -1.25. The molecule has 5 unspecified atom stereocenters. The van der Waals surface area contributed by atoms with E-state index in [1.54, 1.807) is 7.11 Å². The Morgan fingerprint density at radius 3 is 2.17 bits per heavy atom. The van der Waals surface area contributed by atoms with Crippen molar-refractivity contribution in [2.24, 2.45) is 0 Å². The van der Waals surface area contributed by atoms with Crippen LogP contribution in [0.2, 0.25) is 0 Å². The number of carbonyl (C=O) groups is 3. The molecule has 6 atom stereocenters. The van der Waals surface area contributed by atoms with Gasteiger partial charge in [-0.05, 0) is 51.5 Å². The van der Waals surface area contributed by atoms with E-state index < -0.39 is 50.5 Å². The summed E-state index contributed by atoms with van der Waals surface area (Å²) in [4.78, 5) is 46.0. The summed E-state index contributed by atoms with van der Waals surface area (Å²) in [6.45, 7) is 3.15. The third kappa shape index (κ3) is 21.1. The number of unbranched alkanes of at least 4 members (excludes halogenated alkanes) is 4. The molecule has 0 aromatic carbocycles. The van der Waals surface area contributed by atoms with E-state index in [2.05, 4.69) is 21.3 Å². The van der Waals surface area contributed by atoms with E-state index in [-0.39, 0.29) is 31.4 Å². The lowest BCUT2D eigenvalue weighted by Crippen LogP contribution is -2.56. The topological polar surface area (TPSA) is 236 Å². The summed E-state index contributed by atoms with van der Waals surface area (Å²) in [5.41, 5.74) is 0. The van der Waals surface area contributed by atoms with Gasteiger partial charge in [0.2, 0.25) is 17.7 Å². The SMILES string of the molecule is COCCCCCC(=O)NC(CCCCNCC(NC(C)=O)C(O)[C@@H](O)C(O)CO)C(=O)NCCCCOP(C)(=O)O. The van der Waals surface area contributed by atoms with E-state index in [9.17, 15) is 34.3 Å². The number of rotatable bonds is 26. The summed E-state index contributed by atoms with van der Waals surface area (Å²) < 4.78 is 21.0. The summed E-state index contributed by atoms with van der Waals surface area (Å²) >= 11 is 0. The van der Waals surface area contributed by atoms with Gasteiger partial charge in [0.05, 0.1) is 19.3 Å². The fourth-order valence-electron chi connectivity index (χ4n) is 3.99. The molecule has 0 fully saturated rings. The van der Waals surface area contributed by atoms with Crippen molar-refractivity contribution in [2.75, 3.05) is 53.2 Å². The Labute approximate surface area is 248 Å². The molecule has 248 valence electrons. The van der Waals surface area contributed by atoms with Crippen LogP contribution in [0.4, 0.5) is 0 Å². The molecule has 3 amide bonds. The molecule has 0 bridgehead atoms. The van der Waals surface area contributed by atoms with Gasteiger partial charge in [-0.15, -0.1) is 0 Å². The minimum absolute atomic E-state index is 0.0765. The van der Waals surface area contributed by atoms with Crippen LogP contribution in [0, 0.1) is 0 Å². The zero-order valence-electron chi connectivity index (χ0n) is 25.1. The van der Waals surface area contributed by atoms with Gasteiger partial charge in [-0.2, -0.15) is 0 Å². The van der Waals surface area contributed by atoms with E-state index >= 15 is 0 Å². The number of ether oxygens (including phenoxy) is 1. The van der Waals surface area contributed by atoms with Gasteiger partial charge in [-0.1, -0.05) is 6.42 Å². The van der Waals surface area contributed by atoms with Crippen molar-refractivity contribution in [3.05, 3.63) is 0 Å². The van der Waals surface area contributed by atoms with Crippen LogP contribution in [0.5, 0.6) is 0 Å². The minimum atomic E-state index is -3.54. The summed E-state index contributed by atoms with van der Waals surface area (Å²) in [6, 6.07) is -1.67. The number of methoxy groups -OCH3 is 1. The zero-order valence-corrected chi connectivity index (χ0v) is 26.0. The quantitative estimate of drug-likeness (QED) is 0.0404. The predicted molar refractivity (Wildman–Crippen MR) is 156 cm³/mol. The zero-order chi connectivity index (χ0) is 32.0.